The molecule has 1 N–H and O–H groups in total. The molecular weight excluding hydrogens is 350 g/mol. The van der Waals surface area contributed by atoms with Gasteiger partial charge in [-0.05, 0) is 64.7 Å². The number of amides is 1. The van der Waals surface area contributed by atoms with E-state index in [1.54, 1.807) is 4.68 Å². The van der Waals surface area contributed by atoms with E-state index in [0.717, 1.165) is 29.8 Å². The third-order valence-electron chi connectivity index (χ3n) is 4.53. The highest BCUT2D eigenvalue weighted by molar-refractivity contribution is 6.05. The van der Waals surface area contributed by atoms with Gasteiger partial charge in [0, 0.05) is 11.3 Å². The fourth-order valence-electron chi connectivity index (χ4n) is 3.06. The molecule has 0 aliphatic rings. The normalized spacial score (nSPS) is 10.6. The molecule has 4 aromatic rings. The van der Waals surface area contributed by atoms with E-state index >= 15 is 0 Å². The Morgan fingerprint density at radius 2 is 1.61 bits per heavy atom. The van der Waals surface area contributed by atoms with Crippen LogP contribution in [-0.4, -0.2) is 26.1 Å². The molecule has 0 fully saturated rings. The summed E-state index contributed by atoms with van der Waals surface area (Å²) in [6.07, 6.45) is 3.23. The molecule has 28 heavy (non-hydrogen) atoms. The second kappa shape index (κ2) is 8.26. The monoisotopic (exact) mass is 369 g/mol. The lowest BCUT2D eigenvalue weighted by atomic mass is 9.99. The summed E-state index contributed by atoms with van der Waals surface area (Å²) in [6.45, 7) is 0. The Bertz CT molecular complexity index is 1040. The first-order chi connectivity index (χ1) is 13.8. The lowest BCUT2D eigenvalue weighted by Gasteiger charge is -2.11. The SMILES string of the molecule is O=C(Nc1ccc(-n2cnnn2)cc1)c1ccccc1CCc1ccccc1. The molecule has 0 saturated carbocycles. The van der Waals surface area contributed by atoms with Crippen molar-refractivity contribution < 1.29 is 4.79 Å². The number of aryl methyl sites for hydroxylation is 2. The Labute approximate surface area is 162 Å². The van der Waals surface area contributed by atoms with E-state index in [1.807, 2.05) is 66.7 Å². The van der Waals surface area contributed by atoms with Crippen LogP contribution in [0.25, 0.3) is 5.69 Å². The fourth-order valence-corrected chi connectivity index (χ4v) is 3.06. The number of carbonyl (C=O) groups excluding carboxylic acids is 1. The average Bonchev–Trinajstić information content (AvgIpc) is 3.29. The summed E-state index contributed by atoms with van der Waals surface area (Å²) in [7, 11) is 0. The van der Waals surface area contributed by atoms with Gasteiger partial charge in [0.05, 0.1) is 5.69 Å². The number of anilines is 1. The quantitative estimate of drug-likeness (QED) is 0.562. The van der Waals surface area contributed by atoms with Gasteiger partial charge in [0.25, 0.3) is 5.91 Å². The van der Waals surface area contributed by atoms with Crippen LogP contribution in [0.15, 0.2) is 85.2 Å². The molecule has 3 aromatic carbocycles. The number of carbonyl (C=O) groups is 1. The van der Waals surface area contributed by atoms with Gasteiger partial charge in [-0.1, -0.05) is 48.5 Å². The second-order valence-electron chi connectivity index (χ2n) is 6.40. The first kappa shape index (κ1) is 17.6. The Hall–Kier alpha value is -3.80. The molecule has 6 nitrogen and oxygen atoms in total. The van der Waals surface area contributed by atoms with Crippen LogP contribution in [0.4, 0.5) is 5.69 Å². The molecule has 1 amide bonds. The van der Waals surface area contributed by atoms with Crippen molar-refractivity contribution in [2.45, 2.75) is 12.8 Å². The standard InChI is InChI=1S/C22H19N5O/c28-22(24-19-12-14-20(15-13-19)27-16-23-25-26-27)21-9-5-4-8-18(21)11-10-17-6-2-1-3-7-17/h1-9,12-16H,10-11H2,(H,24,28). The van der Waals surface area contributed by atoms with Crippen LogP contribution >= 0.6 is 0 Å². The third-order valence-corrected chi connectivity index (χ3v) is 4.53. The molecule has 0 atom stereocenters. The Morgan fingerprint density at radius 3 is 2.36 bits per heavy atom. The number of rotatable bonds is 6. The van der Waals surface area contributed by atoms with Gasteiger partial charge in [-0.15, -0.1) is 5.10 Å². The molecule has 0 spiro atoms. The highest BCUT2D eigenvalue weighted by Gasteiger charge is 2.11. The van der Waals surface area contributed by atoms with Crippen LogP contribution in [0.2, 0.25) is 0 Å². The lowest BCUT2D eigenvalue weighted by Crippen LogP contribution is -2.14. The lowest BCUT2D eigenvalue weighted by molar-refractivity contribution is 0.102. The number of hydrogen-bond acceptors (Lipinski definition) is 4. The van der Waals surface area contributed by atoms with E-state index in [0.29, 0.717) is 5.56 Å². The predicted molar refractivity (Wildman–Crippen MR) is 107 cm³/mol. The summed E-state index contributed by atoms with van der Waals surface area (Å²) in [5.41, 5.74) is 4.54. The van der Waals surface area contributed by atoms with Crippen molar-refractivity contribution >= 4 is 11.6 Å². The van der Waals surface area contributed by atoms with E-state index < -0.39 is 0 Å². The number of benzene rings is 3. The summed E-state index contributed by atoms with van der Waals surface area (Å²) in [6, 6.07) is 25.4. The predicted octanol–water partition coefficient (Wildman–Crippen LogP) is 3.70. The molecule has 0 bridgehead atoms. The van der Waals surface area contributed by atoms with E-state index in [4.69, 9.17) is 0 Å². The smallest absolute Gasteiger partial charge is 0.255 e. The Balaban J connectivity index is 1.46. The summed E-state index contributed by atoms with van der Waals surface area (Å²) in [5, 5.41) is 14.1. The van der Waals surface area contributed by atoms with Gasteiger partial charge in [0.15, 0.2) is 0 Å². The molecule has 0 unspecified atom stereocenters. The molecule has 138 valence electrons. The maximum atomic E-state index is 12.8. The van der Waals surface area contributed by atoms with Crippen molar-refractivity contribution in [1.29, 1.82) is 0 Å². The zero-order valence-corrected chi connectivity index (χ0v) is 15.2. The minimum absolute atomic E-state index is 0.112. The average molecular weight is 369 g/mol. The zero-order valence-electron chi connectivity index (χ0n) is 15.2. The number of aromatic nitrogens is 4. The minimum atomic E-state index is -0.112. The molecular formula is C22H19N5O. The molecule has 6 heteroatoms. The summed E-state index contributed by atoms with van der Waals surface area (Å²) in [4.78, 5) is 12.8. The molecule has 1 heterocycles. The highest BCUT2D eigenvalue weighted by Crippen LogP contribution is 2.17. The minimum Gasteiger partial charge on any atom is -0.322 e. The Kier molecular flexibility index (Phi) is 5.20. The zero-order chi connectivity index (χ0) is 19.2. The van der Waals surface area contributed by atoms with Crippen LogP contribution in [0.3, 0.4) is 0 Å². The van der Waals surface area contributed by atoms with Crippen molar-refractivity contribution in [1.82, 2.24) is 20.2 Å². The van der Waals surface area contributed by atoms with E-state index in [1.165, 1.54) is 11.9 Å². The summed E-state index contributed by atoms with van der Waals surface area (Å²) < 4.78 is 1.56. The van der Waals surface area contributed by atoms with Gasteiger partial charge in [-0.3, -0.25) is 4.79 Å². The maximum Gasteiger partial charge on any atom is 0.255 e. The number of nitrogens with zero attached hydrogens (tertiary/aromatic N) is 4. The van der Waals surface area contributed by atoms with Crippen molar-refractivity contribution in [2.75, 3.05) is 5.32 Å². The number of hydrogen-bond donors (Lipinski definition) is 1. The summed E-state index contributed by atoms with van der Waals surface area (Å²) >= 11 is 0. The molecule has 0 radical (unpaired) electrons. The van der Waals surface area contributed by atoms with Gasteiger partial charge in [0.2, 0.25) is 0 Å². The molecule has 4 rings (SSSR count). The van der Waals surface area contributed by atoms with Crippen molar-refractivity contribution in [3.63, 3.8) is 0 Å². The second-order valence-corrected chi connectivity index (χ2v) is 6.40. The molecule has 0 aliphatic heterocycles. The van der Waals surface area contributed by atoms with E-state index in [2.05, 4.69) is 33.0 Å². The van der Waals surface area contributed by atoms with E-state index in [9.17, 15) is 4.79 Å². The summed E-state index contributed by atoms with van der Waals surface area (Å²) in [5.74, 6) is -0.112. The largest absolute Gasteiger partial charge is 0.322 e. The van der Waals surface area contributed by atoms with E-state index in [-0.39, 0.29) is 5.91 Å². The Morgan fingerprint density at radius 1 is 0.857 bits per heavy atom. The van der Waals surface area contributed by atoms with Crippen LogP contribution in [0.1, 0.15) is 21.5 Å². The molecule has 0 saturated heterocycles. The van der Waals surface area contributed by atoms with Gasteiger partial charge in [-0.2, -0.15) is 0 Å². The molecule has 1 aromatic heterocycles. The maximum absolute atomic E-state index is 12.8. The third kappa shape index (κ3) is 4.12. The van der Waals surface area contributed by atoms with Crippen molar-refractivity contribution in [2.24, 2.45) is 0 Å². The van der Waals surface area contributed by atoms with Crippen LogP contribution in [0.5, 0.6) is 0 Å². The fraction of sp³-hybridized carbons (Fsp3) is 0.0909. The number of tetrazole rings is 1. The first-order valence-electron chi connectivity index (χ1n) is 9.06. The van der Waals surface area contributed by atoms with Gasteiger partial charge in [0.1, 0.15) is 6.33 Å². The highest BCUT2D eigenvalue weighted by atomic mass is 16.1. The number of nitrogens with one attached hydrogen (secondary N) is 1. The topological polar surface area (TPSA) is 72.7 Å². The van der Waals surface area contributed by atoms with Crippen LogP contribution in [0, 0.1) is 0 Å². The molecule has 0 aliphatic carbocycles. The van der Waals surface area contributed by atoms with Crippen molar-refractivity contribution in [3.8, 4) is 5.69 Å². The van der Waals surface area contributed by atoms with Gasteiger partial charge >= 0.3 is 0 Å². The van der Waals surface area contributed by atoms with Crippen molar-refractivity contribution in [3.05, 3.63) is 102 Å². The van der Waals surface area contributed by atoms with Gasteiger partial charge < -0.3 is 5.32 Å². The van der Waals surface area contributed by atoms with Crippen LogP contribution in [-0.2, 0) is 12.8 Å². The van der Waals surface area contributed by atoms with Gasteiger partial charge in [-0.25, -0.2) is 4.68 Å². The first-order valence-corrected chi connectivity index (χ1v) is 9.06. The van der Waals surface area contributed by atoms with Crippen LogP contribution < -0.4 is 5.32 Å².